The summed E-state index contributed by atoms with van der Waals surface area (Å²) in [6, 6.07) is 0. The molecule has 0 aromatic carbocycles. The second-order valence-electron chi connectivity index (χ2n) is 11.3. The molecule has 4 rings (SSSR count). The van der Waals surface area contributed by atoms with Crippen molar-refractivity contribution < 1.29 is 49.7 Å². The van der Waals surface area contributed by atoms with E-state index < -0.39 is 5.97 Å². The summed E-state index contributed by atoms with van der Waals surface area (Å²) in [5.41, 5.74) is 0.494. The third-order valence-electron chi connectivity index (χ3n) is 10.2. The minimum atomic E-state index is -0.934. The average molecular weight is 415 g/mol. The van der Waals surface area contributed by atoms with Gasteiger partial charge in [-0.15, -0.1) is 0 Å². The van der Waals surface area contributed by atoms with Gasteiger partial charge in [-0.3, -0.25) is 0 Å². The Morgan fingerprint density at radius 1 is 1.03 bits per heavy atom. The normalized spacial score (nSPS) is 49.9. The third kappa shape index (κ3) is 3.99. The average Bonchev–Trinajstić information content (AvgIpc) is 2.98. The number of rotatable bonds is 4. The van der Waals surface area contributed by atoms with Crippen LogP contribution in [0, 0.1) is 46.3 Å². The topological polar surface area (TPSA) is 80.6 Å². The fraction of sp³-hybridized carbons (Fsp3) is 0.958. The second-order valence-corrected chi connectivity index (χ2v) is 11.3. The van der Waals surface area contributed by atoms with Crippen LogP contribution in [0.25, 0.3) is 0 Å². The van der Waals surface area contributed by atoms with Crippen molar-refractivity contribution in [2.24, 2.45) is 46.3 Å². The molecule has 4 nitrogen and oxygen atoms in total. The summed E-state index contributed by atoms with van der Waals surface area (Å²) < 4.78 is 0. The van der Waals surface area contributed by atoms with Crippen molar-refractivity contribution in [3.05, 3.63) is 0 Å². The number of carbonyl (C=O) groups is 1. The first-order valence-electron chi connectivity index (χ1n) is 11.7. The fourth-order valence-electron chi connectivity index (χ4n) is 8.72. The molecule has 0 amide bonds. The number of carbonyl (C=O) groups excluding carboxylic acids is 1. The van der Waals surface area contributed by atoms with E-state index in [9.17, 15) is 20.1 Å². The van der Waals surface area contributed by atoms with Gasteiger partial charge in [0.1, 0.15) is 0 Å². The Bertz CT molecular complexity index is 612. The Balaban J connectivity index is 0.00000240. The molecule has 4 fully saturated rings. The first kappa shape index (κ1) is 24.0. The van der Waals surface area contributed by atoms with Gasteiger partial charge in [-0.25, -0.2) is 0 Å². The van der Waals surface area contributed by atoms with Gasteiger partial charge in [0.25, 0.3) is 0 Å². The van der Waals surface area contributed by atoms with Crippen LogP contribution in [-0.4, -0.2) is 28.4 Å². The fourth-order valence-corrected chi connectivity index (χ4v) is 8.72. The van der Waals surface area contributed by atoms with Gasteiger partial charge in [0.05, 0.1) is 12.2 Å². The largest absolute Gasteiger partial charge is 1.00 e. The van der Waals surface area contributed by atoms with Crippen LogP contribution in [-0.2, 0) is 4.79 Å². The summed E-state index contributed by atoms with van der Waals surface area (Å²) in [5.74, 6) is 1.99. The smallest absolute Gasteiger partial charge is 0.550 e. The number of carboxylic acid groups (broad SMARTS) is 1. The zero-order valence-corrected chi connectivity index (χ0v) is 20.9. The van der Waals surface area contributed by atoms with Gasteiger partial charge in [0.15, 0.2) is 0 Å². The number of aliphatic carboxylic acids is 1. The predicted octanol–water partition coefficient (Wildman–Crippen LogP) is 0.147. The molecule has 10 atom stereocenters. The van der Waals surface area contributed by atoms with E-state index in [0.29, 0.717) is 41.9 Å². The van der Waals surface area contributed by atoms with Crippen molar-refractivity contribution in [3.63, 3.8) is 0 Å². The molecular weight excluding hydrogens is 375 g/mol. The quantitative estimate of drug-likeness (QED) is 0.642. The molecule has 0 radical (unpaired) electrons. The van der Waals surface area contributed by atoms with Crippen LogP contribution in [0.1, 0.15) is 85.0 Å². The number of fused-ring (bicyclic) bond motifs is 5. The molecule has 2 N–H and O–H groups in total. The minimum Gasteiger partial charge on any atom is -0.550 e. The SMILES string of the molecule is C[C@H](CCC(=O)[O-])[C@H]1CC[C@H]2C3C(O)CC4C[C@H](O)CC[C@]4(C)[C@H]3CC[C@]12C.[Na+]. The van der Waals surface area contributed by atoms with E-state index in [1.54, 1.807) is 0 Å². The number of aliphatic hydroxyl groups excluding tert-OH is 2. The predicted molar refractivity (Wildman–Crippen MR) is 106 cm³/mol. The van der Waals surface area contributed by atoms with Gasteiger partial charge in [0.2, 0.25) is 0 Å². The molecule has 29 heavy (non-hydrogen) atoms. The maximum atomic E-state index is 11.2. The van der Waals surface area contributed by atoms with E-state index in [0.717, 1.165) is 25.7 Å². The third-order valence-corrected chi connectivity index (χ3v) is 10.2. The van der Waals surface area contributed by atoms with Crippen molar-refractivity contribution in [2.45, 2.75) is 97.2 Å². The molecule has 4 aliphatic carbocycles. The van der Waals surface area contributed by atoms with E-state index in [4.69, 9.17) is 0 Å². The van der Waals surface area contributed by atoms with Gasteiger partial charge in [-0.2, -0.15) is 0 Å². The van der Waals surface area contributed by atoms with Crippen LogP contribution in [0.3, 0.4) is 0 Å². The number of hydrogen-bond acceptors (Lipinski definition) is 4. The van der Waals surface area contributed by atoms with Crippen molar-refractivity contribution in [1.29, 1.82) is 0 Å². The summed E-state index contributed by atoms with van der Waals surface area (Å²) >= 11 is 0. The van der Waals surface area contributed by atoms with Crippen molar-refractivity contribution >= 4 is 5.97 Å². The maximum absolute atomic E-state index is 11.2. The Hall–Kier alpha value is 0.390. The molecule has 5 heteroatoms. The molecule has 0 aromatic heterocycles. The second kappa shape index (κ2) is 8.73. The molecule has 0 heterocycles. The first-order chi connectivity index (χ1) is 13.2. The monoisotopic (exact) mass is 414 g/mol. The van der Waals surface area contributed by atoms with Gasteiger partial charge >= 0.3 is 29.6 Å². The Morgan fingerprint density at radius 2 is 1.69 bits per heavy atom. The zero-order chi connectivity index (χ0) is 20.3. The van der Waals surface area contributed by atoms with E-state index in [1.807, 2.05) is 0 Å². The molecule has 4 aliphatic rings. The van der Waals surface area contributed by atoms with Crippen LogP contribution in [0.2, 0.25) is 0 Å². The number of hydrogen-bond donors (Lipinski definition) is 2. The molecule has 3 unspecified atom stereocenters. The molecule has 160 valence electrons. The van der Waals surface area contributed by atoms with Gasteiger partial charge in [-0.05, 0) is 111 Å². The van der Waals surface area contributed by atoms with E-state index >= 15 is 0 Å². The molecule has 4 saturated carbocycles. The summed E-state index contributed by atoms with van der Waals surface area (Å²) in [6.07, 6.45) is 8.91. The number of aliphatic hydroxyl groups is 2. The van der Waals surface area contributed by atoms with Crippen molar-refractivity contribution in [2.75, 3.05) is 0 Å². The zero-order valence-electron chi connectivity index (χ0n) is 18.9. The first-order valence-corrected chi connectivity index (χ1v) is 11.7. The van der Waals surface area contributed by atoms with Gasteiger partial charge in [-0.1, -0.05) is 20.8 Å². The molecule has 0 aromatic rings. The standard InChI is InChI=1S/C24H40O4.Na/c1-14(4-7-21(27)28)17-5-6-18-22-19(9-11-24(17,18)3)23(2)10-8-16(25)12-15(23)13-20(22)26;/h14-20,22,25-26H,4-13H2,1-3H3,(H,27,28);/q;+1/p-1/t14-,15?,16-,17-,18+,19+,20?,22?,23+,24-;/m1./s1. The Morgan fingerprint density at radius 3 is 2.38 bits per heavy atom. The molecule has 0 bridgehead atoms. The van der Waals surface area contributed by atoms with Crippen LogP contribution in [0.4, 0.5) is 0 Å². The minimum absolute atomic E-state index is 0. The summed E-state index contributed by atoms with van der Waals surface area (Å²) in [5, 5.41) is 32.4. The van der Waals surface area contributed by atoms with Crippen molar-refractivity contribution in [1.82, 2.24) is 0 Å². The number of carboxylic acids is 1. The molecule has 0 aliphatic heterocycles. The van der Waals surface area contributed by atoms with Gasteiger partial charge in [0, 0.05) is 5.97 Å². The molecule has 0 saturated heterocycles. The summed E-state index contributed by atoms with van der Waals surface area (Å²) in [7, 11) is 0. The summed E-state index contributed by atoms with van der Waals surface area (Å²) in [4.78, 5) is 10.9. The molecule has 0 spiro atoms. The Labute approximate surface area is 198 Å². The van der Waals surface area contributed by atoms with Crippen LogP contribution in [0.15, 0.2) is 0 Å². The van der Waals surface area contributed by atoms with Crippen molar-refractivity contribution in [3.8, 4) is 0 Å². The van der Waals surface area contributed by atoms with E-state index in [1.165, 1.54) is 25.7 Å². The van der Waals surface area contributed by atoms with Crippen LogP contribution in [0.5, 0.6) is 0 Å². The van der Waals surface area contributed by atoms with E-state index in [2.05, 4.69) is 20.8 Å². The van der Waals surface area contributed by atoms with Crippen LogP contribution >= 0.6 is 0 Å². The van der Waals surface area contributed by atoms with Crippen LogP contribution < -0.4 is 34.7 Å². The molecular formula is C24H39NaO4. The summed E-state index contributed by atoms with van der Waals surface area (Å²) in [6.45, 7) is 7.11. The Kier molecular flexibility index (Phi) is 7.24. The van der Waals surface area contributed by atoms with E-state index in [-0.39, 0.29) is 59.0 Å². The van der Waals surface area contributed by atoms with Gasteiger partial charge < -0.3 is 20.1 Å². The maximum Gasteiger partial charge on any atom is 1.00 e.